The van der Waals surface area contributed by atoms with Crippen molar-refractivity contribution in [2.75, 3.05) is 13.1 Å². The molecule has 0 bridgehead atoms. The van der Waals surface area contributed by atoms with Crippen LogP contribution in [0.4, 0.5) is 0 Å². The molecule has 0 radical (unpaired) electrons. The predicted octanol–water partition coefficient (Wildman–Crippen LogP) is -0.835. The zero-order valence-electron chi connectivity index (χ0n) is 8.65. The highest BCUT2D eigenvalue weighted by molar-refractivity contribution is 6.03. The van der Waals surface area contributed by atoms with Gasteiger partial charge in [-0.25, -0.2) is 0 Å². The van der Waals surface area contributed by atoms with Crippen molar-refractivity contribution < 1.29 is 14.4 Å². The van der Waals surface area contributed by atoms with Crippen LogP contribution in [0.3, 0.4) is 0 Å². The van der Waals surface area contributed by atoms with E-state index >= 15 is 0 Å². The Bertz CT molecular complexity index is 390. The Labute approximate surface area is 92.2 Å². The van der Waals surface area contributed by atoms with E-state index in [1.807, 2.05) is 6.07 Å². The lowest BCUT2D eigenvalue weighted by Crippen LogP contribution is -2.57. The van der Waals surface area contributed by atoms with Gasteiger partial charge < -0.3 is 4.90 Å². The first-order valence-corrected chi connectivity index (χ1v) is 5.11. The average molecular weight is 221 g/mol. The van der Waals surface area contributed by atoms with Gasteiger partial charge in [0.25, 0.3) is 0 Å². The van der Waals surface area contributed by atoms with Crippen molar-refractivity contribution in [3.63, 3.8) is 0 Å². The van der Waals surface area contributed by atoms with Gasteiger partial charge >= 0.3 is 0 Å². The molecule has 1 saturated carbocycles. The van der Waals surface area contributed by atoms with Crippen molar-refractivity contribution in [2.24, 2.45) is 5.41 Å². The molecule has 6 nitrogen and oxygen atoms in total. The lowest BCUT2D eigenvalue weighted by atomic mass is 9.69. The van der Waals surface area contributed by atoms with Crippen molar-refractivity contribution in [3.8, 4) is 6.07 Å². The fourth-order valence-corrected chi connectivity index (χ4v) is 1.99. The minimum Gasteiger partial charge on any atom is -0.323 e. The Kier molecular flexibility index (Phi) is 2.38. The summed E-state index contributed by atoms with van der Waals surface area (Å²) in [4.78, 5) is 35.4. The molecule has 0 aromatic carbocycles. The number of carbonyl (C=O) groups is 3. The van der Waals surface area contributed by atoms with Crippen molar-refractivity contribution in [1.29, 1.82) is 5.26 Å². The van der Waals surface area contributed by atoms with Crippen molar-refractivity contribution in [1.82, 2.24) is 10.2 Å². The number of carbonyl (C=O) groups excluding carboxylic acids is 3. The van der Waals surface area contributed by atoms with E-state index in [0.29, 0.717) is 12.8 Å². The summed E-state index contributed by atoms with van der Waals surface area (Å²) in [5, 5.41) is 11.1. The number of rotatable bonds is 1. The topological polar surface area (TPSA) is 90.3 Å². The summed E-state index contributed by atoms with van der Waals surface area (Å²) in [6.45, 7) is -0.262. The number of hydrogen-bond donors (Lipinski definition) is 1. The quantitative estimate of drug-likeness (QED) is 0.585. The Morgan fingerprint density at radius 1 is 1.31 bits per heavy atom. The van der Waals surface area contributed by atoms with Crippen LogP contribution in [0.1, 0.15) is 19.3 Å². The molecule has 0 spiro atoms. The van der Waals surface area contributed by atoms with Gasteiger partial charge in [-0.2, -0.15) is 5.26 Å². The molecule has 2 fully saturated rings. The van der Waals surface area contributed by atoms with E-state index < -0.39 is 17.2 Å². The van der Waals surface area contributed by atoms with Crippen LogP contribution in [0.2, 0.25) is 0 Å². The Morgan fingerprint density at radius 3 is 2.25 bits per heavy atom. The smallest absolute Gasteiger partial charge is 0.246 e. The molecule has 1 heterocycles. The van der Waals surface area contributed by atoms with Gasteiger partial charge in [0, 0.05) is 0 Å². The highest BCUT2D eigenvalue weighted by Gasteiger charge is 2.48. The van der Waals surface area contributed by atoms with Crippen LogP contribution in [-0.2, 0) is 14.4 Å². The first-order chi connectivity index (χ1) is 7.57. The Morgan fingerprint density at radius 2 is 1.88 bits per heavy atom. The maximum Gasteiger partial charge on any atom is 0.246 e. The molecule has 0 aromatic rings. The fraction of sp³-hybridized carbons (Fsp3) is 0.600. The third-order valence-corrected chi connectivity index (χ3v) is 3.07. The monoisotopic (exact) mass is 221 g/mol. The fourth-order valence-electron chi connectivity index (χ4n) is 1.99. The summed E-state index contributed by atoms with van der Waals surface area (Å²) in [5.41, 5.74) is -0.988. The van der Waals surface area contributed by atoms with E-state index in [-0.39, 0.29) is 19.0 Å². The van der Waals surface area contributed by atoms with Gasteiger partial charge in [0.2, 0.25) is 17.7 Å². The molecule has 1 N–H and O–H groups in total. The standard InChI is InChI=1S/C10H11N3O3/c11-6-10(2-1-3-10)9(16)13-4-7(14)12-8(15)5-13/h1-5H2,(H,12,14,15). The molecule has 1 saturated heterocycles. The molecule has 84 valence electrons. The minimum absolute atomic E-state index is 0.131. The Hall–Kier alpha value is -1.90. The average Bonchev–Trinajstić information content (AvgIpc) is 2.15. The van der Waals surface area contributed by atoms with Gasteiger partial charge in [-0.05, 0) is 19.3 Å². The second kappa shape index (κ2) is 3.59. The number of nitrogens with zero attached hydrogens (tertiary/aromatic N) is 2. The summed E-state index contributed by atoms with van der Waals surface area (Å²) in [6.07, 6.45) is 1.89. The second-order valence-corrected chi connectivity index (χ2v) is 4.18. The van der Waals surface area contributed by atoms with Gasteiger partial charge in [-0.1, -0.05) is 0 Å². The van der Waals surface area contributed by atoms with Crippen LogP contribution in [0.15, 0.2) is 0 Å². The van der Waals surface area contributed by atoms with Crippen LogP contribution in [0.5, 0.6) is 0 Å². The number of nitrogens with one attached hydrogen (secondary N) is 1. The summed E-state index contributed by atoms with van der Waals surface area (Å²) in [5.74, 6) is -1.36. The number of amides is 3. The van der Waals surface area contributed by atoms with Crippen LogP contribution in [0, 0.1) is 16.7 Å². The predicted molar refractivity (Wildman–Crippen MR) is 51.6 cm³/mol. The van der Waals surface area contributed by atoms with Gasteiger partial charge in [0.15, 0.2) is 0 Å². The lowest BCUT2D eigenvalue weighted by molar-refractivity contribution is -0.152. The third kappa shape index (κ3) is 1.54. The summed E-state index contributed by atoms with van der Waals surface area (Å²) in [6, 6.07) is 2.01. The maximum atomic E-state index is 12.0. The van der Waals surface area contributed by atoms with E-state index in [0.717, 1.165) is 6.42 Å². The van der Waals surface area contributed by atoms with E-state index in [4.69, 9.17) is 5.26 Å². The molecule has 2 aliphatic rings. The summed E-state index contributed by atoms with van der Waals surface area (Å²) in [7, 11) is 0. The van der Waals surface area contributed by atoms with Crippen LogP contribution in [-0.4, -0.2) is 35.7 Å². The van der Waals surface area contributed by atoms with Crippen LogP contribution in [0.25, 0.3) is 0 Å². The molecule has 2 rings (SSSR count). The maximum absolute atomic E-state index is 12.0. The number of imide groups is 1. The summed E-state index contributed by atoms with van der Waals surface area (Å²) >= 11 is 0. The zero-order chi connectivity index (χ0) is 11.8. The first kappa shape index (κ1) is 10.6. The van der Waals surface area contributed by atoms with Crippen LogP contribution >= 0.6 is 0 Å². The van der Waals surface area contributed by atoms with E-state index in [9.17, 15) is 14.4 Å². The van der Waals surface area contributed by atoms with Crippen molar-refractivity contribution in [2.45, 2.75) is 19.3 Å². The molecule has 0 unspecified atom stereocenters. The minimum atomic E-state index is -0.988. The SMILES string of the molecule is N#CC1(C(=O)N2CC(=O)NC(=O)C2)CCC1. The molecule has 0 aromatic heterocycles. The van der Waals surface area contributed by atoms with Crippen molar-refractivity contribution in [3.05, 3.63) is 0 Å². The molecule has 0 atom stereocenters. The number of piperazine rings is 1. The highest BCUT2D eigenvalue weighted by Crippen LogP contribution is 2.41. The molecular formula is C10H11N3O3. The second-order valence-electron chi connectivity index (χ2n) is 4.18. The lowest BCUT2D eigenvalue weighted by Gasteiger charge is -2.38. The van der Waals surface area contributed by atoms with Crippen molar-refractivity contribution >= 4 is 17.7 Å². The van der Waals surface area contributed by atoms with Gasteiger partial charge in [0.1, 0.15) is 18.5 Å². The van der Waals surface area contributed by atoms with E-state index in [1.165, 1.54) is 4.90 Å². The van der Waals surface area contributed by atoms with Crippen LogP contribution < -0.4 is 5.32 Å². The van der Waals surface area contributed by atoms with E-state index in [2.05, 4.69) is 5.32 Å². The molecule has 1 aliphatic carbocycles. The Balaban J connectivity index is 2.13. The highest BCUT2D eigenvalue weighted by atomic mass is 16.2. The molecule has 16 heavy (non-hydrogen) atoms. The number of hydrogen-bond acceptors (Lipinski definition) is 4. The van der Waals surface area contributed by atoms with Gasteiger partial charge in [-0.3, -0.25) is 19.7 Å². The largest absolute Gasteiger partial charge is 0.323 e. The van der Waals surface area contributed by atoms with Gasteiger partial charge in [-0.15, -0.1) is 0 Å². The number of nitriles is 1. The van der Waals surface area contributed by atoms with E-state index in [1.54, 1.807) is 0 Å². The molecule has 3 amide bonds. The summed E-state index contributed by atoms with van der Waals surface area (Å²) < 4.78 is 0. The van der Waals surface area contributed by atoms with Gasteiger partial charge in [0.05, 0.1) is 6.07 Å². The normalized spacial score (nSPS) is 23.1. The first-order valence-electron chi connectivity index (χ1n) is 5.11. The molecule has 1 aliphatic heterocycles. The molecule has 6 heteroatoms. The molecular weight excluding hydrogens is 210 g/mol. The zero-order valence-corrected chi connectivity index (χ0v) is 8.65. The third-order valence-electron chi connectivity index (χ3n) is 3.07.